The first kappa shape index (κ1) is 14.3. The van der Waals surface area contributed by atoms with Crippen molar-refractivity contribution in [2.24, 2.45) is 5.41 Å². The Morgan fingerprint density at radius 2 is 2.17 bits per heavy atom. The first-order chi connectivity index (χ1) is 8.45. The van der Waals surface area contributed by atoms with Crippen LogP contribution >= 0.6 is 0 Å². The van der Waals surface area contributed by atoms with Crippen LogP contribution in [0, 0.1) is 5.41 Å². The molecule has 0 aromatic heterocycles. The number of hydrogen-bond donors (Lipinski definition) is 1. The summed E-state index contributed by atoms with van der Waals surface area (Å²) in [6, 6.07) is 0. The van der Waals surface area contributed by atoms with E-state index in [-0.39, 0.29) is 5.60 Å². The van der Waals surface area contributed by atoms with Crippen molar-refractivity contribution >= 4 is 0 Å². The second kappa shape index (κ2) is 5.48. The fourth-order valence-electron chi connectivity index (χ4n) is 3.93. The summed E-state index contributed by atoms with van der Waals surface area (Å²) in [7, 11) is 0. The van der Waals surface area contributed by atoms with Gasteiger partial charge in [0.2, 0.25) is 0 Å². The number of rotatable bonds is 4. The normalized spacial score (nSPS) is 37.0. The average molecular weight is 254 g/mol. The molecule has 0 aromatic rings. The molecule has 2 saturated heterocycles. The largest absolute Gasteiger partial charge is 0.370 e. The highest BCUT2D eigenvalue weighted by molar-refractivity contribution is 4.93. The summed E-state index contributed by atoms with van der Waals surface area (Å²) in [6.45, 7) is 14.8. The van der Waals surface area contributed by atoms with Gasteiger partial charge in [0, 0.05) is 26.2 Å². The monoisotopic (exact) mass is 254 g/mol. The predicted octanol–water partition coefficient (Wildman–Crippen LogP) is 2.27. The number of nitrogens with zero attached hydrogens (tertiary/aromatic N) is 1. The molecule has 0 bridgehead atoms. The van der Waals surface area contributed by atoms with Gasteiger partial charge in [-0.05, 0) is 45.6 Å². The third-order valence-electron chi connectivity index (χ3n) is 4.31. The minimum atomic E-state index is 0.0110. The molecule has 106 valence electrons. The number of nitrogens with one attached hydrogen (secondary N) is 1. The summed E-state index contributed by atoms with van der Waals surface area (Å²) < 4.78 is 6.00. The van der Waals surface area contributed by atoms with E-state index in [1.807, 2.05) is 0 Å². The van der Waals surface area contributed by atoms with Crippen LogP contribution in [0.2, 0.25) is 0 Å². The van der Waals surface area contributed by atoms with Crippen LogP contribution in [0.5, 0.6) is 0 Å². The molecule has 0 amide bonds. The van der Waals surface area contributed by atoms with Crippen molar-refractivity contribution in [2.45, 2.75) is 58.7 Å². The topological polar surface area (TPSA) is 24.5 Å². The highest BCUT2D eigenvalue weighted by Crippen LogP contribution is 2.34. The third-order valence-corrected chi connectivity index (χ3v) is 4.31. The van der Waals surface area contributed by atoms with E-state index in [4.69, 9.17) is 4.74 Å². The van der Waals surface area contributed by atoms with Crippen LogP contribution in [-0.4, -0.2) is 49.3 Å². The van der Waals surface area contributed by atoms with Gasteiger partial charge in [-0.1, -0.05) is 13.3 Å². The van der Waals surface area contributed by atoms with E-state index in [1.165, 1.54) is 38.9 Å². The molecule has 2 fully saturated rings. The maximum absolute atomic E-state index is 6.00. The Hall–Kier alpha value is -0.120. The van der Waals surface area contributed by atoms with Crippen LogP contribution in [0.4, 0.5) is 0 Å². The van der Waals surface area contributed by atoms with Gasteiger partial charge in [-0.2, -0.15) is 0 Å². The van der Waals surface area contributed by atoms with Crippen molar-refractivity contribution in [1.29, 1.82) is 0 Å². The number of hydrogen-bond acceptors (Lipinski definition) is 3. The molecule has 1 N–H and O–H groups in total. The Morgan fingerprint density at radius 3 is 2.72 bits per heavy atom. The van der Waals surface area contributed by atoms with Crippen LogP contribution in [-0.2, 0) is 4.74 Å². The molecule has 3 heteroatoms. The lowest BCUT2D eigenvalue weighted by Gasteiger charge is -2.45. The van der Waals surface area contributed by atoms with Gasteiger partial charge in [-0.25, -0.2) is 0 Å². The molecule has 2 unspecified atom stereocenters. The lowest BCUT2D eigenvalue weighted by molar-refractivity contribution is -0.134. The molecule has 0 radical (unpaired) electrons. The van der Waals surface area contributed by atoms with Crippen LogP contribution in [0.1, 0.15) is 47.0 Å². The molecule has 2 rings (SSSR count). The minimum Gasteiger partial charge on any atom is -0.370 e. The zero-order valence-electron chi connectivity index (χ0n) is 12.6. The van der Waals surface area contributed by atoms with Crippen LogP contribution in [0.25, 0.3) is 0 Å². The molecule has 3 nitrogen and oxygen atoms in total. The Kier molecular flexibility index (Phi) is 4.35. The second-order valence-corrected chi connectivity index (χ2v) is 7.03. The van der Waals surface area contributed by atoms with E-state index in [0.29, 0.717) is 11.5 Å². The Balaban J connectivity index is 1.98. The average Bonchev–Trinajstić information content (AvgIpc) is 2.63. The standard InChI is InChI=1S/C15H30N2O/c1-5-6-15(7-8-16-10-15)12-17-9-13(2)18-14(3,4)11-17/h13,16H,5-12H2,1-4H3. The molecular formula is C15H30N2O. The van der Waals surface area contributed by atoms with E-state index < -0.39 is 0 Å². The molecule has 0 spiro atoms. The molecule has 2 aliphatic rings. The van der Waals surface area contributed by atoms with Crippen molar-refractivity contribution in [3.05, 3.63) is 0 Å². The van der Waals surface area contributed by atoms with Gasteiger partial charge in [0.1, 0.15) is 0 Å². The molecule has 0 saturated carbocycles. The van der Waals surface area contributed by atoms with Gasteiger partial charge in [-0.15, -0.1) is 0 Å². The summed E-state index contributed by atoms with van der Waals surface area (Å²) in [4.78, 5) is 2.64. The lowest BCUT2D eigenvalue weighted by Crippen LogP contribution is -2.54. The summed E-state index contributed by atoms with van der Waals surface area (Å²) >= 11 is 0. The third kappa shape index (κ3) is 3.46. The minimum absolute atomic E-state index is 0.0110. The Labute approximate surface area is 112 Å². The summed E-state index contributed by atoms with van der Waals surface area (Å²) in [5.74, 6) is 0. The Morgan fingerprint density at radius 1 is 1.39 bits per heavy atom. The quantitative estimate of drug-likeness (QED) is 0.833. The number of ether oxygens (including phenoxy) is 1. The lowest BCUT2D eigenvalue weighted by atomic mass is 9.81. The van der Waals surface area contributed by atoms with E-state index >= 15 is 0 Å². The highest BCUT2D eigenvalue weighted by atomic mass is 16.5. The van der Waals surface area contributed by atoms with E-state index in [0.717, 1.165) is 13.1 Å². The molecule has 0 aromatic carbocycles. The van der Waals surface area contributed by atoms with Crippen molar-refractivity contribution < 1.29 is 4.74 Å². The van der Waals surface area contributed by atoms with Gasteiger partial charge in [0.15, 0.2) is 0 Å². The van der Waals surface area contributed by atoms with Gasteiger partial charge in [-0.3, -0.25) is 4.90 Å². The Bertz CT molecular complexity index is 272. The maximum atomic E-state index is 6.00. The second-order valence-electron chi connectivity index (χ2n) is 7.03. The summed E-state index contributed by atoms with van der Waals surface area (Å²) in [5, 5.41) is 3.56. The molecule has 2 atom stereocenters. The summed E-state index contributed by atoms with van der Waals surface area (Å²) in [6.07, 6.45) is 4.35. The van der Waals surface area contributed by atoms with Crippen molar-refractivity contribution in [2.75, 3.05) is 32.7 Å². The van der Waals surface area contributed by atoms with Gasteiger partial charge < -0.3 is 10.1 Å². The molecule has 2 heterocycles. The molecule has 0 aliphatic carbocycles. The van der Waals surface area contributed by atoms with Crippen molar-refractivity contribution in [1.82, 2.24) is 10.2 Å². The fourth-order valence-corrected chi connectivity index (χ4v) is 3.93. The highest BCUT2D eigenvalue weighted by Gasteiger charge is 2.38. The van der Waals surface area contributed by atoms with Gasteiger partial charge >= 0.3 is 0 Å². The van der Waals surface area contributed by atoms with E-state index in [9.17, 15) is 0 Å². The SMILES string of the molecule is CCCC1(CN2CC(C)OC(C)(C)C2)CCNC1. The summed E-state index contributed by atoms with van der Waals surface area (Å²) in [5.41, 5.74) is 0.527. The zero-order chi connectivity index (χ0) is 13.2. The molecular weight excluding hydrogens is 224 g/mol. The van der Waals surface area contributed by atoms with E-state index in [1.54, 1.807) is 0 Å². The van der Waals surface area contributed by atoms with E-state index in [2.05, 4.69) is 37.9 Å². The zero-order valence-corrected chi connectivity index (χ0v) is 12.6. The van der Waals surface area contributed by atoms with Crippen LogP contribution in [0.15, 0.2) is 0 Å². The smallest absolute Gasteiger partial charge is 0.0757 e. The maximum Gasteiger partial charge on any atom is 0.0757 e. The number of morpholine rings is 1. The van der Waals surface area contributed by atoms with Crippen molar-refractivity contribution in [3.63, 3.8) is 0 Å². The van der Waals surface area contributed by atoms with Gasteiger partial charge in [0.25, 0.3) is 0 Å². The van der Waals surface area contributed by atoms with Gasteiger partial charge in [0.05, 0.1) is 11.7 Å². The first-order valence-corrected chi connectivity index (χ1v) is 7.56. The fraction of sp³-hybridized carbons (Fsp3) is 1.00. The van der Waals surface area contributed by atoms with Crippen LogP contribution < -0.4 is 5.32 Å². The predicted molar refractivity (Wildman–Crippen MR) is 75.9 cm³/mol. The first-order valence-electron chi connectivity index (χ1n) is 7.56. The van der Waals surface area contributed by atoms with Crippen molar-refractivity contribution in [3.8, 4) is 0 Å². The molecule has 18 heavy (non-hydrogen) atoms. The van der Waals surface area contributed by atoms with Crippen LogP contribution in [0.3, 0.4) is 0 Å². The molecule has 2 aliphatic heterocycles.